The fourth-order valence-corrected chi connectivity index (χ4v) is 3.09. The summed E-state index contributed by atoms with van der Waals surface area (Å²) < 4.78 is 0. The fourth-order valence-electron chi connectivity index (χ4n) is 3.09. The molecule has 2 heterocycles. The van der Waals surface area contributed by atoms with E-state index in [1.165, 1.54) is 6.42 Å². The molecule has 0 radical (unpaired) electrons. The van der Waals surface area contributed by atoms with E-state index in [9.17, 15) is 4.79 Å². The van der Waals surface area contributed by atoms with Crippen LogP contribution in [0.25, 0.3) is 0 Å². The van der Waals surface area contributed by atoms with Gasteiger partial charge in [0.15, 0.2) is 0 Å². The summed E-state index contributed by atoms with van der Waals surface area (Å²) >= 11 is 0. The number of hydrogen-bond acceptors (Lipinski definition) is 6. The summed E-state index contributed by atoms with van der Waals surface area (Å²) in [5.41, 5.74) is 6.96. The number of nitrogens with two attached hydrogens (primary N) is 1. The molecule has 1 unspecified atom stereocenters. The number of carbonyl (C=O) groups is 1. The van der Waals surface area contributed by atoms with E-state index in [1.54, 1.807) is 11.3 Å². The lowest BCUT2D eigenvalue weighted by Gasteiger charge is -2.34. The number of hydroxylamine groups is 2. The third-order valence-electron chi connectivity index (χ3n) is 4.86. The van der Waals surface area contributed by atoms with Crippen molar-refractivity contribution in [2.45, 2.75) is 71.8 Å². The highest BCUT2D eigenvalue weighted by molar-refractivity contribution is 5.75. The van der Waals surface area contributed by atoms with Gasteiger partial charge in [0.25, 0.3) is 0 Å². The zero-order valence-corrected chi connectivity index (χ0v) is 15.8. The van der Waals surface area contributed by atoms with Crippen molar-refractivity contribution in [3.63, 3.8) is 0 Å². The van der Waals surface area contributed by atoms with Crippen LogP contribution in [0.4, 0.5) is 0 Å². The third kappa shape index (κ3) is 6.74. The Morgan fingerprint density at radius 2 is 2.08 bits per heavy atom. The molecule has 0 aromatic carbocycles. The van der Waals surface area contributed by atoms with E-state index < -0.39 is 5.41 Å². The second-order valence-electron chi connectivity index (χ2n) is 8.12. The summed E-state index contributed by atoms with van der Waals surface area (Å²) in [5, 5.41) is 12.3. The van der Waals surface area contributed by atoms with Gasteiger partial charge in [-0.25, -0.2) is 4.79 Å². The molecular weight excluding hydrogens is 318 g/mol. The average molecular weight is 351 g/mol. The summed E-state index contributed by atoms with van der Waals surface area (Å²) in [7, 11) is 0. The lowest BCUT2D eigenvalue weighted by Crippen LogP contribution is -2.43. The van der Waals surface area contributed by atoms with Crippen molar-refractivity contribution in [3.05, 3.63) is 11.9 Å². The Bertz CT molecular complexity index is 504. The first kappa shape index (κ1) is 19.8. The van der Waals surface area contributed by atoms with Crippen LogP contribution >= 0.6 is 0 Å². The molecule has 0 aliphatic carbocycles. The number of H-pyrrole nitrogens is 1. The van der Waals surface area contributed by atoms with Crippen LogP contribution in [-0.2, 0) is 16.1 Å². The van der Waals surface area contributed by atoms with Crippen LogP contribution in [0.1, 0.15) is 65.0 Å². The first-order valence-electron chi connectivity index (χ1n) is 9.44. The van der Waals surface area contributed by atoms with Crippen LogP contribution in [0.15, 0.2) is 6.20 Å². The molecule has 0 bridgehead atoms. The van der Waals surface area contributed by atoms with E-state index >= 15 is 0 Å². The molecule has 2 rings (SSSR count). The Hall–Kier alpha value is -1.47. The molecule has 0 amide bonds. The summed E-state index contributed by atoms with van der Waals surface area (Å²) in [5.74, 6) is 0.363. The Morgan fingerprint density at radius 3 is 2.68 bits per heavy atom. The molecule has 1 aliphatic rings. The van der Waals surface area contributed by atoms with Crippen molar-refractivity contribution in [2.24, 2.45) is 17.1 Å². The van der Waals surface area contributed by atoms with Gasteiger partial charge in [0.1, 0.15) is 0 Å². The summed E-state index contributed by atoms with van der Waals surface area (Å²) in [6.07, 6.45) is 9.26. The maximum absolute atomic E-state index is 11.9. The normalized spacial score (nSPS) is 18.2. The molecule has 7 nitrogen and oxygen atoms in total. The van der Waals surface area contributed by atoms with Gasteiger partial charge < -0.3 is 10.6 Å². The maximum atomic E-state index is 11.9. The first-order chi connectivity index (χ1) is 11.9. The molecule has 1 atom stereocenters. The maximum Gasteiger partial charge on any atom is 0.330 e. The van der Waals surface area contributed by atoms with Crippen molar-refractivity contribution < 1.29 is 9.63 Å². The first-order valence-corrected chi connectivity index (χ1v) is 9.44. The summed E-state index contributed by atoms with van der Waals surface area (Å²) in [4.78, 5) is 17.4. The molecule has 1 fully saturated rings. The number of hydrogen-bond donors (Lipinski definition) is 2. The second-order valence-corrected chi connectivity index (χ2v) is 8.12. The van der Waals surface area contributed by atoms with Gasteiger partial charge in [-0.15, -0.1) is 5.06 Å². The molecule has 0 saturated carbocycles. The van der Waals surface area contributed by atoms with Crippen LogP contribution in [0.2, 0.25) is 0 Å². The highest BCUT2D eigenvalue weighted by Gasteiger charge is 2.29. The van der Waals surface area contributed by atoms with Crippen molar-refractivity contribution in [1.29, 1.82) is 0 Å². The Kier molecular flexibility index (Phi) is 7.38. The molecule has 1 aromatic heterocycles. The summed E-state index contributed by atoms with van der Waals surface area (Å²) in [6, 6.07) is 0.243. The number of aromatic nitrogens is 3. The number of aryl methyl sites for hydroxylation is 1. The van der Waals surface area contributed by atoms with Crippen LogP contribution in [0.5, 0.6) is 0 Å². The molecule has 3 N–H and O–H groups in total. The van der Waals surface area contributed by atoms with Gasteiger partial charge in [-0.05, 0) is 58.8 Å². The molecule has 7 heteroatoms. The lowest BCUT2D eigenvalue weighted by molar-refractivity contribution is -0.206. The van der Waals surface area contributed by atoms with Crippen LogP contribution in [0, 0.1) is 11.3 Å². The highest BCUT2D eigenvalue weighted by Crippen LogP contribution is 2.24. The quantitative estimate of drug-likeness (QED) is 0.698. The van der Waals surface area contributed by atoms with E-state index in [2.05, 4.69) is 15.4 Å². The number of rotatable bonds is 8. The Balaban J connectivity index is 1.57. The molecule has 25 heavy (non-hydrogen) atoms. The van der Waals surface area contributed by atoms with Gasteiger partial charge >= 0.3 is 5.97 Å². The molecule has 142 valence electrons. The Morgan fingerprint density at radius 1 is 1.36 bits per heavy atom. The predicted octanol–water partition coefficient (Wildman–Crippen LogP) is 2.45. The van der Waals surface area contributed by atoms with Crippen LogP contribution in [-0.4, -0.2) is 45.6 Å². The SMILES string of the molecule is CC(C)(C)C(=O)ON1CCC(C(N)CCCCCc2cn[nH]n2)CC1. The molecular formula is C18H33N5O2. The van der Waals surface area contributed by atoms with Crippen LogP contribution in [0.3, 0.4) is 0 Å². The minimum absolute atomic E-state index is 0.164. The smallest absolute Gasteiger partial charge is 0.330 e. The number of unbranched alkanes of at least 4 members (excludes halogenated alkanes) is 2. The van der Waals surface area contributed by atoms with E-state index in [4.69, 9.17) is 10.6 Å². The minimum atomic E-state index is -0.459. The number of carbonyl (C=O) groups excluding carboxylic acids is 1. The van der Waals surface area contributed by atoms with Gasteiger partial charge in [0, 0.05) is 19.1 Å². The van der Waals surface area contributed by atoms with E-state index in [1.807, 2.05) is 20.8 Å². The predicted molar refractivity (Wildman–Crippen MR) is 96.4 cm³/mol. The van der Waals surface area contributed by atoms with Gasteiger partial charge in [0.2, 0.25) is 0 Å². The van der Waals surface area contributed by atoms with Gasteiger partial charge in [-0.1, -0.05) is 12.8 Å². The zero-order chi connectivity index (χ0) is 18.3. The van der Waals surface area contributed by atoms with Gasteiger partial charge in [0.05, 0.1) is 17.3 Å². The molecule has 1 aromatic rings. The monoisotopic (exact) mass is 351 g/mol. The zero-order valence-electron chi connectivity index (χ0n) is 15.8. The van der Waals surface area contributed by atoms with Crippen molar-refractivity contribution in [1.82, 2.24) is 20.5 Å². The highest BCUT2D eigenvalue weighted by atomic mass is 16.7. The fraction of sp³-hybridized carbons (Fsp3) is 0.833. The van der Waals surface area contributed by atoms with E-state index in [0.717, 1.165) is 57.3 Å². The topological polar surface area (TPSA) is 97.1 Å². The second kappa shape index (κ2) is 9.29. The number of nitrogens with zero attached hydrogens (tertiary/aromatic N) is 3. The average Bonchev–Trinajstić information content (AvgIpc) is 3.07. The van der Waals surface area contributed by atoms with E-state index in [0.29, 0.717) is 5.92 Å². The standard InChI is InChI=1S/C18H33N5O2/c1-18(2,3)17(24)25-23-11-9-14(10-12-23)16(19)8-6-4-5-7-15-13-20-22-21-15/h13-14,16H,4-12,19H2,1-3H3,(H,20,21,22). The molecule has 1 saturated heterocycles. The van der Waals surface area contributed by atoms with Gasteiger partial charge in [-0.2, -0.15) is 15.4 Å². The van der Waals surface area contributed by atoms with E-state index in [-0.39, 0.29) is 12.0 Å². The van der Waals surface area contributed by atoms with Crippen molar-refractivity contribution >= 4 is 5.97 Å². The van der Waals surface area contributed by atoms with Gasteiger partial charge in [-0.3, -0.25) is 0 Å². The molecule has 1 aliphatic heterocycles. The van der Waals surface area contributed by atoms with Crippen molar-refractivity contribution in [3.8, 4) is 0 Å². The number of nitrogens with one attached hydrogen (secondary N) is 1. The molecule has 0 spiro atoms. The summed E-state index contributed by atoms with van der Waals surface area (Å²) in [6.45, 7) is 7.20. The lowest BCUT2D eigenvalue weighted by atomic mass is 9.87. The Labute approximate surface area is 150 Å². The number of piperidine rings is 1. The number of aromatic amines is 1. The largest absolute Gasteiger partial charge is 0.367 e. The van der Waals surface area contributed by atoms with Crippen molar-refractivity contribution in [2.75, 3.05) is 13.1 Å². The van der Waals surface area contributed by atoms with Crippen LogP contribution < -0.4 is 5.73 Å². The third-order valence-corrected chi connectivity index (χ3v) is 4.86. The minimum Gasteiger partial charge on any atom is -0.367 e.